The van der Waals surface area contributed by atoms with Crippen molar-refractivity contribution in [3.05, 3.63) is 81.8 Å². The van der Waals surface area contributed by atoms with Crippen molar-refractivity contribution in [2.45, 2.75) is 18.7 Å². The van der Waals surface area contributed by atoms with Crippen LogP contribution in [-0.4, -0.2) is 24.6 Å². The zero-order valence-electron chi connectivity index (χ0n) is 16.7. The molecule has 7 heteroatoms. The highest BCUT2D eigenvalue weighted by Gasteiger charge is 2.41. The molecule has 3 aliphatic heterocycles. The van der Waals surface area contributed by atoms with Gasteiger partial charge in [0.2, 0.25) is 13.0 Å². The van der Waals surface area contributed by atoms with Gasteiger partial charge in [-0.05, 0) is 48.5 Å². The van der Waals surface area contributed by atoms with Crippen LogP contribution >= 0.6 is 15.9 Å². The third kappa shape index (κ3) is 3.11. The normalized spacial score (nSPS) is 20.6. The van der Waals surface area contributed by atoms with Crippen molar-refractivity contribution in [2.24, 2.45) is 5.10 Å². The molecule has 3 aliphatic rings. The van der Waals surface area contributed by atoms with Gasteiger partial charge in [-0.15, -0.1) is 0 Å². The average molecular weight is 479 g/mol. The average Bonchev–Trinajstić information content (AvgIpc) is 3.45. The van der Waals surface area contributed by atoms with Gasteiger partial charge < -0.3 is 18.9 Å². The van der Waals surface area contributed by atoms with Gasteiger partial charge in [0, 0.05) is 27.6 Å². The standard InChI is InChI=1S/C24H19BrN2O4/c1-28-17-4-2-3-15(9-17)24-27-20(18-11-16(25)6-8-21(18)31-24)12-19(26-27)14-5-7-22-23(10-14)30-13-29-22/h2-11,20,24H,12-13H2,1H3/t20-,24+/m0/s1. The number of rotatable bonds is 3. The molecule has 0 amide bonds. The molecule has 0 N–H and O–H groups in total. The Labute approximate surface area is 188 Å². The Morgan fingerprint density at radius 1 is 1.00 bits per heavy atom. The predicted molar refractivity (Wildman–Crippen MR) is 119 cm³/mol. The molecule has 0 aliphatic carbocycles. The van der Waals surface area contributed by atoms with Gasteiger partial charge in [0.25, 0.3) is 0 Å². The number of ether oxygens (including phenoxy) is 4. The number of hydrazone groups is 1. The molecule has 0 bridgehead atoms. The topological polar surface area (TPSA) is 52.5 Å². The van der Waals surface area contributed by atoms with Crippen molar-refractivity contribution in [2.75, 3.05) is 13.9 Å². The Hall–Kier alpha value is -3.19. The summed E-state index contributed by atoms with van der Waals surface area (Å²) in [5.41, 5.74) is 4.13. The summed E-state index contributed by atoms with van der Waals surface area (Å²) in [6.07, 6.45) is 0.424. The molecule has 0 fully saturated rings. The van der Waals surface area contributed by atoms with Gasteiger partial charge in [-0.3, -0.25) is 0 Å². The highest BCUT2D eigenvalue weighted by Crippen LogP contribution is 2.48. The lowest BCUT2D eigenvalue weighted by Crippen LogP contribution is -2.33. The Morgan fingerprint density at radius 2 is 1.87 bits per heavy atom. The second-order valence-electron chi connectivity index (χ2n) is 7.64. The molecule has 0 saturated carbocycles. The number of hydrogen-bond acceptors (Lipinski definition) is 6. The van der Waals surface area contributed by atoms with E-state index in [1.54, 1.807) is 7.11 Å². The van der Waals surface area contributed by atoms with Gasteiger partial charge in [0.15, 0.2) is 11.5 Å². The lowest BCUT2D eigenvalue weighted by atomic mass is 9.95. The van der Waals surface area contributed by atoms with Crippen LogP contribution < -0.4 is 18.9 Å². The van der Waals surface area contributed by atoms with Crippen LogP contribution in [0.15, 0.2) is 70.2 Å². The lowest BCUT2D eigenvalue weighted by molar-refractivity contribution is -0.0191. The molecular weight excluding hydrogens is 460 g/mol. The summed E-state index contributed by atoms with van der Waals surface area (Å²) < 4.78 is 23.9. The number of hydrogen-bond donors (Lipinski definition) is 0. The van der Waals surface area contributed by atoms with E-state index in [-0.39, 0.29) is 19.1 Å². The Bertz CT molecular complexity index is 1210. The summed E-state index contributed by atoms with van der Waals surface area (Å²) in [4.78, 5) is 0. The Morgan fingerprint density at radius 3 is 2.77 bits per heavy atom. The van der Waals surface area contributed by atoms with E-state index >= 15 is 0 Å². The monoisotopic (exact) mass is 478 g/mol. The third-order valence-corrected chi connectivity index (χ3v) is 6.33. The second kappa shape index (κ2) is 7.20. The van der Waals surface area contributed by atoms with Gasteiger partial charge in [-0.2, -0.15) is 5.10 Å². The molecule has 6 nitrogen and oxygen atoms in total. The summed E-state index contributed by atoms with van der Waals surface area (Å²) in [6, 6.07) is 20.1. The maximum Gasteiger partial charge on any atom is 0.231 e. The van der Waals surface area contributed by atoms with Gasteiger partial charge >= 0.3 is 0 Å². The van der Waals surface area contributed by atoms with Gasteiger partial charge in [-0.25, -0.2) is 5.01 Å². The highest BCUT2D eigenvalue weighted by molar-refractivity contribution is 9.10. The largest absolute Gasteiger partial charge is 0.497 e. The van der Waals surface area contributed by atoms with E-state index in [0.29, 0.717) is 0 Å². The smallest absolute Gasteiger partial charge is 0.231 e. The minimum Gasteiger partial charge on any atom is -0.497 e. The molecular formula is C24H19BrN2O4. The predicted octanol–water partition coefficient (Wildman–Crippen LogP) is 5.43. The molecule has 3 aromatic rings. The fourth-order valence-electron chi connectivity index (χ4n) is 4.32. The van der Waals surface area contributed by atoms with Gasteiger partial charge in [-0.1, -0.05) is 28.1 Å². The Balaban J connectivity index is 1.44. The quantitative estimate of drug-likeness (QED) is 0.502. The van der Waals surface area contributed by atoms with E-state index in [0.717, 1.165) is 56.3 Å². The first-order valence-electron chi connectivity index (χ1n) is 10.1. The molecule has 31 heavy (non-hydrogen) atoms. The summed E-state index contributed by atoms with van der Waals surface area (Å²) in [5.74, 6) is 3.19. The zero-order valence-corrected chi connectivity index (χ0v) is 18.3. The highest BCUT2D eigenvalue weighted by atomic mass is 79.9. The second-order valence-corrected chi connectivity index (χ2v) is 8.56. The first-order valence-corrected chi connectivity index (χ1v) is 10.8. The van der Waals surface area contributed by atoms with Crippen molar-refractivity contribution < 1.29 is 18.9 Å². The van der Waals surface area contributed by atoms with E-state index in [1.807, 2.05) is 54.6 Å². The van der Waals surface area contributed by atoms with Crippen molar-refractivity contribution in [1.29, 1.82) is 0 Å². The molecule has 0 unspecified atom stereocenters. The van der Waals surface area contributed by atoms with Crippen LogP contribution in [0.1, 0.15) is 35.4 Å². The molecule has 0 aromatic heterocycles. The number of methoxy groups -OCH3 is 1. The summed E-state index contributed by atoms with van der Waals surface area (Å²) in [5, 5.41) is 7.08. The van der Waals surface area contributed by atoms with Crippen molar-refractivity contribution in [3.8, 4) is 23.0 Å². The van der Waals surface area contributed by atoms with Crippen molar-refractivity contribution in [1.82, 2.24) is 5.01 Å². The SMILES string of the molecule is COc1cccc([C@H]2Oc3ccc(Br)cc3[C@@H]3CC(c4ccc5c(c4)OCO5)=NN23)c1. The number of halogens is 1. The van der Waals surface area contributed by atoms with Crippen LogP contribution in [-0.2, 0) is 0 Å². The first kappa shape index (κ1) is 18.6. The van der Waals surface area contributed by atoms with E-state index < -0.39 is 0 Å². The minimum atomic E-state index is -0.347. The zero-order chi connectivity index (χ0) is 20.9. The summed E-state index contributed by atoms with van der Waals surface area (Å²) in [6.45, 7) is 0.257. The summed E-state index contributed by atoms with van der Waals surface area (Å²) >= 11 is 3.60. The van der Waals surface area contributed by atoms with E-state index in [4.69, 9.17) is 24.0 Å². The van der Waals surface area contributed by atoms with Gasteiger partial charge in [0.05, 0.1) is 18.9 Å². The number of benzene rings is 3. The molecule has 0 saturated heterocycles. The van der Waals surface area contributed by atoms with Crippen LogP contribution in [0.2, 0.25) is 0 Å². The molecule has 156 valence electrons. The molecule has 3 heterocycles. The molecule has 0 spiro atoms. The maximum atomic E-state index is 6.44. The van der Waals surface area contributed by atoms with Crippen LogP contribution in [0, 0.1) is 0 Å². The van der Waals surface area contributed by atoms with E-state index in [9.17, 15) is 0 Å². The van der Waals surface area contributed by atoms with Crippen LogP contribution in [0.5, 0.6) is 23.0 Å². The molecule has 0 radical (unpaired) electrons. The third-order valence-electron chi connectivity index (χ3n) is 5.84. The number of nitrogens with zero attached hydrogens (tertiary/aromatic N) is 2. The van der Waals surface area contributed by atoms with Crippen LogP contribution in [0.25, 0.3) is 0 Å². The Kier molecular flexibility index (Phi) is 4.31. The molecule has 2 atom stereocenters. The van der Waals surface area contributed by atoms with E-state index in [2.05, 4.69) is 27.0 Å². The lowest BCUT2D eigenvalue weighted by Gasteiger charge is -2.38. The molecule has 6 rings (SSSR count). The maximum absolute atomic E-state index is 6.44. The summed E-state index contributed by atoms with van der Waals surface area (Å²) in [7, 11) is 1.67. The van der Waals surface area contributed by atoms with Crippen LogP contribution in [0.4, 0.5) is 0 Å². The fourth-order valence-corrected chi connectivity index (χ4v) is 4.70. The van der Waals surface area contributed by atoms with Crippen molar-refractivity contribution >= 4 is 21.6 Å². The van der Waals surface area contributed by atoms with Crippen LogP contribution in [0.3, 0.4) is 0 Å². The van der Waals surface area contributed by atoms with E-state index in [1.165, 1.54) is 0 Å². The molecule has 3 aromatic carbocycles. The fraction of sp³-hybridized carbons (Fsp3) is 0.208. The number of fused-ring (bicyclic) bond motifs is 4. The minimum absolute atomic E-state index is 0.0675. The first-order chi connectivity index (χ1) is 15.2. The van der Waals surface area contributed by atoms with Gasteiger partial charge in [0.1, 0.15) is 11.5 Å². The van der Waals surface area contributed by atoms with Crippen molar-refractivity contribution in [3.63, 3.8) is 0 Å².